The molecule has 7 heteroatoms. The van der Waals surface area contributed by atoms with Crippen molar-refractivity contribution >= 4 is 5.97 Å². The Morgan fingerprint density at radius 1 is 1.53 bits per heavy atom. The minimum absolute atomic E-state index is 0.0469. The lowest BCUT2D eigenvalue weighted by Gasteiger charge is -2.10. The molecule has 0 atom stereocenters. The molecule has 0 fully saturated rings. The average molecular weight is 264 g/mol. The fourth-order valence-corrected chi connectivity index (χ4v) is 1.81. The highest BCUT2D eigenvalue weighted by atomic mass is 19.1. The van der Waals surface area contributed by atoms with Gasteiger partial charge in [0.1, 0.15) is 5.82 Å². The van der Waals surface area contributed by atoms with Gasteiger partial charge in [-0.2, -0.15) is 0 Å². The summed E-state index contributed by atoms with van der Waals surface area (Å²) >= 11 is 0. The molecule has 0 amide bonds. The summed E-state index contributed by atoms with van der Waals surface area (Å²) in [5.74, 6) is -1.05. The molecule has 0 spiro atoms. The zero-order chi connectivity index (χ0) is 14.0. The minimum Gasteiger partial charge on any atom is -0.465 e. The molecule has 0 aliphatic carbocycles. The van der Waals surface area contributed by atoms with E-state index < -0.39 is 11.8 Å². The molecule has 19 heavy (non-hydrogen) atoms. The third kappa shape index (κ3) is 2.32. The molecule has 1 aromatic heterocycles. The van der Waals surface area contributed by atoms with Gasteiger partial charge in [-0.1, -0.05) is 5.21 Å². The van der Waals surface area contributed by atoms with E-state index in [0.29, 0.717) is 11.3 Å². The number of esters is 1. The molecule has 2 rings (SSSR count). The Kier molecular flexibility index (Phi) is 3.57. The summed E-state index contributed by atoms with van der Waals surface area (Å²) in [7, 11) is 2.90. The Morgan fingerprint density at radius 2 is 2.26 bits per heavy atom. The van der Waals surface area contributed by atoms with Crippen molar-refractivity contribution in [2.24, 2.45) is 12.8 Å². The van der Waals surface area contributed by atoms with Crippen LogP contribution < -0.4 is 5.73 Å². The van der Waals surface area contributed by atoms with Crippen molar-refractivity contribution in [3.8, 4) is 11.3 Å². The van der Waals surface area contributed by atoms with Gasteiger partial charge in [0.15, 0.2) is 0 Å². The second-order valence-electron chi connectivity index (χ2n) is 3.93. The van der Waals surface area contributed by atoms with Crippen molar-refractivity contribution in [1.29, 1.82) is 0 Å². The predicted octanol–water partition coefficient (Wildman–Crippen LogP) is 0.866. The smallest absolute Gasteiger partial charge is 0.338 e. The number of hydrogen-bond donors (Lipinski definition) is 1. The van der Waals surface area contributed by atoms with Gasteiger partial charge in [0.25, 0.3) is 0 Å². The van der Waals surface area contributed by atoms with Gasteiger partial charge in [0.2, 0.25) is 0 Å². The first-order valence-corrected chi connectivity index (χ1v) is 5.54. The van der Waals surface area contributed by atoms with E-state index in [1.54, 1.807) is 7.05 Å². The quantitative estimate of drug-likeness (QED) is 0.831. The molecule has 6 nitrogen and oxygen atoms in total. The molecule has 1 aromatic carbocycles. The maximum absolute atomic E-state index is 14.1. The van der Waals surface area contributed by atoms with Gasteiger partial charge in [0.05, 0.1) is 24.6 Å². The molecule has 0 radical (unpaired) electrons. The third-order valence-electron chi connectivity index (χ3n) is 2.81. The highest BCUT2D eigenvalue weighted by Gasteiger charge is 2.18. The number of aryl methyl sites for hydroxylation is 1. The topological polar surface area (TPSA) is 83.0 Å². The summed E-state index contributed by atoms with van der Waals surface area (Å²) in [6.07, 6.45) is 1.42. The van der Waals surface area contributed by atoms with E-state index in [0.717, 1.165) is 0 Å². The Balaban J connectivity index is 2.63. The zero-order valence-electron chi connectivity index (χ0n) is 10.6. The average Bonchev–Trinajstić information content (AvgIpc) is 2.83. The molecule has 0 saturated carbocycles. The Bertz CT molecular complexity index is 624. The van der Waals surface area contributed by atoms with Gasteiger partial charge >= 0.3 is 5.97 Å². The van der Waals surface area contributed by atoms with Crippen molar-refractivity contribution < 1.29 is 13.9 Å². The predicted molar refractivity (Wildman–Crippen MR) is 65.6 cm³/mol. The number of halogens is 1. The molecule has 0 saturated heterocycles. The molecule has 0 bridgehead atoms. The number of nitrogens with zero attached hydrogens (tertiary/aromatic N) is 3. The van der Waals surface area contributed by atoms with Crippen LogP contribution in [0, 0.1) is 5.82 Å². The van der Waals surface area contributed by atoms with E-state index in [-0.39, 0.29) is 17.7 Å². The maximum atomic E-state index is 14.1. The lowest BCUT2D eigenvalue weighted by Crippen LogP contribution is -2.11. The van der Waals surface area contributed by atoms with Crippen LogP contribution in [0.5, 0.6) is 0 Å². The van der Waals surface area contributed by atoms with Crippen LogP contribution in [0.15, 0.2) is 18.3 Å². The maximum Gasteiger partial charge on any atom is 0.338 e. The summed E-state index contributed by atoms with van der Waals surface area (Å²) < 4.78 is 20.1. The van der Waals surface area contributed by atoms with Crippen molar-refractivity contribution in [1.82, 2.24) is 15.0 Å². The highest BCUT2D eigenvalue weighted by molar-refractivity contribution is 5.92. The highest BCUT2D eigenvalue weighted by Crippen LogP contribution is 2.25. The molecular weight excluding hydrogens is 251 g/mol. The number of aromatic nitrogens is 3. The number of hydrogen-bond acceptors (Lipinski definition) is 5. The number of carbonyl (C=O) groups excluding carboxylic acids is 1. The van der Waals surface area contributed by atoms with E-state index in [9.17, 15) is 9.18 Å². The van der Waals surface area contributed by atoms with Gasteiger partial charge in [-0.15, -0.1) is 5.10 Å². The van der Waals surface area contributed by atoms with Crippen molar-refractivity contribution in [3.05, 3.63) is 35.3 Å². The third-order valence-corrected chi connectivity index (χ3v) is 2.81. The molecular formula is C12H13FN4O2. The van der Waals surface area contributed by atoms with Crippen LogP contribution in [0.25, 0.3) is 11.3 Å². The first kappa shape index (κ1) is 13.2. The van der Waals surface area contributed by atoms with Gasteiger partial charge in [-0.3, -0.25) is 0 Å². The van der Waals surface area contributed by atoms with E-state index >= 15 is 0 Å². The van der Waals surface area contributed by atoms with Crippen LogP contribution >= 0.6 is 0 Å². The lowest BCUT2D eigenvalue weighted by atomic mass is 10.0. The van der Waals surface area contributed by atoms with Crippen LogP contribution in [0.1, 0.15) is 15.9 Å². The monoisotopic (exact) mass is 264 g/mol. The van der Waals surface area contributed by atoms with Gasteiger partial charge < -0.3 is 10.5 Å². The van der Waals surface area contributed by atoms with E-state index in [1.165, 1.54) is 30.1 Å². The normalized spacial score (nSPS) is 10.5. The summed E-state index contributed by atoms with van der Waals surface area (Å²) in [5, 5.41) is 7.41. The van der Waals surface area contributed by atoms with Crippen molar-refractivity contribution in [2.45, 2.75) is 6.54 Å². The van der Waals surface area contributed by atoms with Crippen LogP contribution in [0.4, 0.5) is 4.39 Å². The molecule has 0 unspecified atom stereocenters. The fourth-order valence-electron chi connectivity index (χ4n) is 1.81. The molecule has 2 aromatic rings. The number of ether oxygens (including phenoxy) is 1. The fraction of sp³-hybridized carbons (Fsp3) is 0.250. The second kappa shape index (κ2) is 5.15. The first-order valence-electron chi connectivity index (χ1n) is 5.54. The van der Waals surface area contributed by atoms with Crippen molar-refractivity contribution in [2.75, 3.05) is 7.11 Å². The van der Waals surface area contributed by atoms with Crippen LogP contribution in [-0.2, 0) is 18.3 Å². The second-order valence-corrected chi connectivity index (χ2v) is 3.93. The molecule has 0 aliphatic heterocycles. The van der Waals surface area contributed by atoms with Gasteiger partial charge in [0, 0.05) is 19.2 Å². The summed E-state index contributed by atoms with van der Waals surface area (Å²) in [6, 6.07) is 2.64. The van der Waals surface area contributed by atoms with Gasteiger partial charge in [-0.05, 0) is 17.7 Å². The Labute approximate surface area is 109 Å². The molecule has 2 N–H and O–H groups in total. The molecule has 1 heterocycles. The zero-order valence-corrected chi connectivity index (χ0v) is 10.6. The first-order chi connectivity index (χ1) is 9.08. The Hall–Kier alpha value is -2.28. The van der Waals surface area contributed by atoms with E-state index in [4.69, 9.17) is 5.73 Å². The summed E-state index contributed by atoms with van der Waals surface area (Å²) in [6.45, 7) is 0.0469. The van der Waals surface area contributed by atoms with Crippen molar-refractivity contribution in [3.63, 3.8) is 0 Å². The lowest BCUT2D eigenvalue weighted by molar-refractivity contribution is 0.0599. The van der Waals surface area contributed by atoms with Crippen LogP contribution in [-0.4, -0.2) is 28.1 Å². The van der Waals surface area contributed by atoms with Gasteiger partial charge in [-0.25, -0.2) is 13.9 Å². The number of methoxy groups -OCH3 is 1. The number of carbonyl (C=O) groups is 1. The number of benzene rings is 1. The standard InChI is InChI=1S/C12H13FN4O2/c1-17-11(6-15-16-17)9-4-8(12(18)19-2)7(5-14)3-10(9)13/h3-4,6H,5,14H2,1-2H3. The summed E-state index contributed by atoms with van der Waals surface area (Å²) in [5.41, 5.74) is 6.83. The summed E-state index contributed by atoms with van der Waals surface area (Å²) in [4.78, 5) is 11.7. The van der Waals surface area contributed by atoms with Crippen LogP contribution in [0.3, 0.4) is 0 Å². The molecule has 0 aliphatic rings. The van der Waals surface area contributed by atoms with E-state index in [2.05, 4.69) is 15.0 Å². The molecule has 100 valence electrons. The number of rotatable bonds is 3. The van der Waals surface area contributed by atoms with E-state index in [1.807, 2.05) is 0 Å². The van der Waals surface area contributed by atoms with Crippen LogP contribution in [0.2, 0.25) is 0 Å². The Morgan fingerprint density at radius 3 is 2.79 bits per heavy atom. The minimum atomic E-state index is -0.558. The largest absolute Gasteiger partial charge is 0.465 e. The number of nitrogens with two attached hydrogens (primary N) is 1. The SMILES string of the molecule is COC(=O)c1cc(-c2cnnn2C)c(F)cc1CN.